The molecule has 1 amide bonds. The van der Waals surface area contributed by atoms with Crippen LogP contribution in [-0.4, -0.2) is 36.6 Å². The highest BCUT2D eigenvalue weighted by molar-refractivity contribution is 6.05. The first-order valence-electron chi connectivity index (χ1n) is 8.53. The van der Waals surface area contributed by atoms with Crippen LogP contribution in [0.2, 0.25) is 0 Å². The number of hydrogen-bond acceptors (Lipinski definition) is 6. The monoisotopic (exact) mass is 366 g/mol. The highest BCUT2D eigenvalue weighted by Crippen LogP contribution is 2.32. The van der Waals surface area contributed by atoms with E-state index in [2.05, 4.69) is 9.97 Å². The van der Waals surface area contributed by atoms with Gasteiger partial charge in [0, 0.05) is 11.3 Å². The van der Waals surface area contributed by atoms with Crippen molar-refractivity contribution in [3.63, 3.8) is 0 Å². The minimum absolute atomic E-state index is 0.0140. The molecule has 0 saturated heterocycles. The van der Waals surface area contributed by atoms with Gasteiger partial charge in [0.25, 0.3) is 5.91 Å². The summed E-state index contributed by atoms with van der Waals surface area (Å²) < 4.78 is 10.7. The molecular weight excluding hydrogens is 344 g/mol. The van der Waals surface area contributed by atoms with E-state index < -0.39 is 5.91 Å². The molecule has 0 bridgehead atoms. The molecule has 0 aliphatic heterocycles. The molecule has 140 valence electrons. The van der Waals surface area contributed by atoms with Gasteiger partial charge in [-0.25, -0.2) is 9.97 Å². The summed E-state index contributed by atoms with van der Waals surface area (Å²) in [4.78, 5) is 20.3. The fraction of sp³-hybridized carbons (Fsp3) is 0.250. The SMILES string of the molecule is COc1ccc(C(CN)Cc2ncnc3c(C(N)=O)cccc23)cc1OC. The van der Waals surface area contributed by atoms with Gasteiger partial charge in [-0.15, -0.1) is 0 Å². The van der Waals surface area contributed by atoms with E-state index in [1.54, 1.807) is 26.4 Å². The summed E-state index contributed by atoms with van der Waals surface area (Å²) >= 11 is 0. The summed E-state index contributed by atoms with van der Waals surface area (Å²) in [6.07, 6.45) is 2.04. The number of primary amides is 1. The van der Waals surface area contributed by atoms with E-state index in [0.29, 0.717) is 35.5 Å². The molecule has 7 heteroatoms. The van der Waals surface area contributed by atoms with Gasteiger partial charge in [0.15, 0.2) is 11.5 Å². The zero-order chi connectivity index (χ0) is 19.4. The number of methoxy groups -OCH3 is 2. The number of carbonyl (C=O) groups is 1. The Kier molecular flexibility index (Phi) is 5.52. The van der Waals surface area contributed by atoms with Crippen molar-refractivity contribution in [2.24, 2.45) is 11.5 Å². The van der Waals surface area contributed by atoms with E-state index >= 15 is 0 Å². The highest BCUT2D eigenvalue weighted by Gasteiger charge is 2.18. The van der Waals surface area contributed by atoms with E-state index in [9.17, 15) is 4.79 Å². The zero-order valence-electron chi connectivity index (χ0n) is 15.3. The van der Waals surface area contributed by atoms with E-state index in [0.717, 1.165) is 16.6 Å². The van der Waals surface area contributed by atoms with Crippen molar-refractivity contribution >= 4 is 16.8 Å². The second kappa shape index (κ2) is 8.01. The normalized spacial score (nSPS) is 12.0. The van der Waals surface area contributed by atoms with Crippen LogP contribution in [0.4, 0.5) is 0 Å². The molecule has 0 radical (unpaired) electrons. The van der Waals surface area contributed by atoms with Gasteiger partial charge in [-0.05, 0) is 36.7 Å². The first-order valence-corrected chi connectivity index (χ1v) is 8.53. The first kappa shape index (κ1) is 18.6. The maximum absolute atomic E-state index is 11.7. The standard InChI is InChI=1S/C20H22N4O3/c1-26-17-7-6-12(9-18(17)27-2)13(10-21)8-16-14-4-3-5-15(20(22)25)19(14)24-11-23-16/h3-7,9,11,13H,8,10,21H2,1-2H3,(H2,22,25). The lowest BCUT2D eigenvalue weighted by molar-refractivity contribution is 0.100. The van der Waals surface area contributed by atoms with Gasteiger partial charge in [0.1, 0.15) is 6.33 Å². The third-order valence-corrected chi connectivity index (χ3v) is 4.62. The second-order valence-corrected chi connectivity index (χ2v) is 6.14. The van der Waals surface area contributed by atoms with Crippen LogP contribution < -0.4 is 20.9 Å². The molecule has 1 atom stereocenters. The summed E-state index contributed by atoms with van der Waals surface area (Å²) in [5.41, 5.74) is 14.3. The number of fused-ring (bicyclic) bond motifs is 1. The van der Waals surface area contributed by atoms with Crippen LogP contribution in [0, 0.1) is 0 Å². The Balaban J connectivity index is 2.00. The molecule has 0 spiro atoms. The summed E-state index contributed by atoms with van der Waals surface area (Å²) in [7, 11) is 3.20. The topological polar surface area (TPSA) is 113 Å². The Bertz CT molecular complexity index is 975. The summed E-state index contributed by atoms with van der Waals surface area (Å²) in [5.74, 6) is 0.813. The van der Waals surface area contributed by atoms with Gasteiger partial charge in [0.2, 0.25) is 0 Å². The average Bonchev–Trinajstić information content (AvgIpc) is 2.70. The fourth-order valence-electron chi connectivity index (χ4n) is 3.18. The van der Waals surface area contributed by atoms with Crippen LogP contribution in [-0.2, 0) is 6.42 Å². The molecule has 3 rings (SSSR count). The lowest BCUT2D eigenvalue weighted by atomic mass is 9.92. The summed E-state index contributed by atoms with van der Waals surface area (Å²) in [6, 6.07) is 11.1. The summed E-state index contributed by atoms with van der Waals surface area (Å²) in [6.45, 7) is 0.427. The van der Waals surface area contributed by atoms with Crippen LogP contribution in [0.25, 0.3) is 10.9 Å². The molecule has 2 aromatic carbocycles. The Morgan fingerprint density at radius 3 is 2.56 bits per heavy atom. The predicted octanol–water partition coefficient (Wildman–Crippen LogP) is 2.03. The largest absolute Gasteiger partial charge is 0.493 e. The van der Waals surface area contributed by atoms with Crippen molar-refractivity contribution in [3.05, 3.63) is 59.5 Å². The van der Waals surface area contributed by atoms with Crippen LogP contribution in [0.3, 0.4) is 0 Å². The minimum atomic E-state index is -0.513. The Hall–Kier alpha value is -3.19. The van der Waals surface area contributed by atoms with Crippen LogP contribution in [0.5, 0.6) is 11.5 Å². The van der Waals surface area contributed by atoms with Crippen molar-refractivity contribution in [1.29, 1.82) is 0 Å². The number of hydrogen-bond donors (Lipinski definition) is 2. The first-order chi connectivity index (χ1) is 13.1. The molecule has 0 saturated carbocycles. The molecule has 0 aliphatic carbocycles. The van der Waals surface area contributed by atoms with Crippen LogP contribution in [0.15, 0.2) is 42.7 Å². The Morgan fingerprint density at radius 2 is 1.89 bits per heavy atom. The van der Waals surface area contributed by atoms with Crippen molar-refractivity contribution in [2.45, 2.75) is 12.3 Å². The third-order valence-electron chi connectivity index (χ3n) is 4.62. The number of rotatable bonds is 7. The number of para-hydroxylation sites is 1. The average molecular weight is 366 g/mol. The predicted molar refractivity (Wildman–Crippen MR) is 103 cm³/mol. The third kappa shape index (κ3) is 3.68. The highest BCUT2D eigenvalue weighted by atomic mass is 16.5. The van der Waals surface area contributed by atoms with Crippen LogP contribution in [0.1, 0.15) is 27.5 Å². The molecular formula is C20H22N4O3. The molecule has 0 fully saturated rings. The smallest absolute Gasteiger partial charge is 0.250 e. The van der Waals surface area contributed by atoms with Crippen molar-refractivity contribution in [3.8, 4) is 11.5 Å². The van der Waals surface area contributed by atoms with Crippen molar-refractivity contribution < 1.29 is 14.3 Å². The molecule has 0 aliphatic rings. The number of ether oxygens (including phenoxy) is 2. The minimum Gasteiger partial charge on any atom is -0.493 e. The lowest BCUT2D eigenvalue weighted by Crippen LogP contribution is -2.17. The van der Waals surface area contributed by atoms with Gasteiger partial charge in [0.05, 0.1) is 31.0 Å². The number of amides is 1. The number of carbonyl (C=O) groups excluding carboxylic acids is 1. The molecule has 1 unspecified atom stereocenters. The van der Waals surface area contributed by atoms with E-state index in [-0.39, 0.29) is 5.92 Å². The van der Waals surface area contributed by atoms with Gasteiger partial charge < -0.3 is 20.9 Å². The maximum Gasteiger partial charge on any atom is 0.250 e. The number of benzene rings is 2. The zero-order valence-corrected chi connectivity index (χ0v) is 15.3. The van der Waals surface area contributed by atoms with Gasteiger partial charge in [-0.1, -0.05) is 18.2 Å². The van der Waals surface area contributed by atoms with Crippen molar-refractivity contribution in [1.82, 2.24) is 9.97 Å². The van der Waals surface area contributed by atoms with Crippen molar-refractivity contribution in [2.75, 3.05) is 20.8 Å². The second-order valence-electron chi connectivity index (χ2n) is 6.14. The molecule has 7 nitrogen and oxygen atoms in total. The Labute approximate surface area is 157 Å². The van der Waals surface area contributed by atoms with Gasteiger partial charge in [-0.2, -0.15) is 0 Å². The number of nitrogens with two attached hydrogens (primary N) is 2. The number of nitrogens with zero attached hydrogens (tertiary/aromatic N) is 2. The van der Waals surface area contributed by atoms with E-state index in [4.69, 9.17) is 20.9 Å². The van der Waals surface area contributed by atoms with Gasteiger partial charge >= 0.3 is 0 Å². The van der Waals surface area contributed by atoms with E-state index in [1.807, 2.05) is 24.3 Å². The summed E-state index contributed by atoms with van der Waals surface area (Å²) in [5, 5.41) is 0.799. The molecule has 4 N–H and O–H groups in total. The Morgan fingerprint density at radius 1 is 1.11 bits per heavy atom. The lowest BCUT2D eigenvalue weighted by Gasteiger charge is -2.18. The van der Waals surface area contributed by atoms with E-state index in [1.165, 1.54) is 6.33 Å². The number of aromatic nitrogens is 2. The maximum atomic E-state index is 11.7. The molecule has 1 heterocycles. The van der Waals surface area contributed by atoms with Crippen LogP contribution >= 0.6 is 0 Å². The quantitative estimate of drug-likeness (QED) is 0.661. The van der Waals surface area contributed by atoms with Gasteiger partial charge in [-0.3, -0.25) is 4.79 Å². The molecule has 1 aromatic heterocycles. The molecule has 27 heavy (non-hydrogen) atoms. The fourth-order valence-corrected chi connectivity index (χ4v) is 3.18. The molecule has 3 aromatic rings.